The predicted octanol–water partition coefficient (Wildman–Crippen LogP) is 1.83. The molecule has 0 aliphatic rings. The molecular formula is C17H18N4O3. The van der Waals surface area contributed by atoms with Crippen LogP contribution in [0.5, 0.6) is 11.5 Å². The van der Waals surface area contributed by atoms with Crippen molar-refractivity contribution in [3.63, 3.8) is 0 Å². The predicted molar refractivity (Wildman–Crippen MR) is 92.5 cm³/mol. The second-order valence-corrected chi connectivity index (χ2v) is 4.94. The van der Waals surface area contributed by atoms with Crippen LogP contribution in [0.1, 0.15) is 21.5 Å². The Morgan fingerprint density at radius 2 is 1.92 bits per heavy atom. The number of rotatable bonds is 5. The van der Waals surface area contributed by atoms with Gasteiger partial charge < -0.3 is 20.9 Å². The van der Waals surface area contributed by atoms with Crippen molar-refractivity contribution >= 4 is 18.1 Å². The summed E-state index contributed by atoms with van der Waals surface area (Å²) in [4.78, 5) is 12.2. The van der Waals surface area contributed by atoms with Gasteiger partial charge in [-0.05, 0) is 42.8 Å². The Labute approximate surface area is 139 Å². The summed E-state index contributed by atoms with van der Waals surface area (Å²) in [5.41, 5.74) is 12.5. The van der Waals surface area contributed by atoms with Crippen molar-refractivity contribution in [1.82, 2.24) is 0 Å². The fourth-order valence-corrected chi connectivity index (χ4v) is 1.94. The third-order valence-electron chi connectivity index (χ3n) is 3.02. The van der Waals surface area contributed by atoms with Crippen LogP contribution in [-0.4, -0.2) is 25.3 Å². The quantitative estimate of drug-likeness (QED) is 0.286. The molecule has 0 amide bonds. The minimum Gasteiger partial charge on any atom is -0.493 e. The van der Waals surface area contributed by atoms with Crippen LogP contribution in [0.25, 0.3) is 0 Å². The number of carbonyl (C=O) groups excluding carboxylic acids is 1. The van der Waals surface area contributed by atoms with Crippen LogP contribution < -0.4 is 20.9 Å². The molecule has 0 heterocycles. The van der Waals surface area contributed by atoms with Crippen LogP contribution in [0.15, 0.2) is 52.7 Å². The molecule has 0 aliphatic heterocycles. The summed E-state index contributed by atoms with van der Waals surface area (Å²) in [6.45, 7) is 1.90. The lowest BCUT2D eigenvalue weighted by Crippen LogP contribution is -2.21. The zero-order valence-corrected chi connectivity index (χ0v) is 13.4. The zero-order chi connectivity index (χ0) is 17.5. The van der Waals surface area contributed by atoms with Gasteiger partial charge in [-0.15, -0.1) is 5.10 Å². The summed E-state index contributed by atoms with van der Waals surface area (Å²) >= 11 is 0. The number of hydrogen-bond acceptors (Lipinski definition) is 5. The maximum Gasteiger partial charge on any atom is 0.343 e. The lowest BCUT2D eigenvalue weighted by molar-refractivity contribution is 0.0729. The van der Waals surface area contributed by atoms with E-state index < -0.39 is 5.97 Å². The molecule has 7 heteroatoms. The Hall–Kier alpha value is -3.35. The maximum absolute atomic E-state index is 12.2. The van der Waals surface area contributed by atoms with Crippen molar-refractivity contribution in [2.24, 2.45) is 21.7 Å². The van der Waals surface area contributed by atoms with Gasteiger partial charge in [0, 0.05) is 0 Å². The fourth-order valence-electron chi connectivity index (χ4n) is 1.94. The van der Waals surface area contributed by atoms with Crippen molar-refractivity contribution in [3.8, 4) is 11.5 Å². The van der Waals surface area contributed by atoms with Crippen molar-refractivity contribution in [3.05, 3.63) is 59.2 Å². The molecule has 0 fully saturated rings. The normalized spacial score (nSPS) is 10.4. The molecule has 0 radical (unpaired) electrons. The lowest BCUT2D eigenvalue weighted by atomic mass is 10.1. The van der Waals surface area contributed by atoms with Crippen LogP contribution in [-0.2, 0) is 0 Å². The second-order valence-electron chi connectivity index (χ2n) is 4.94. The monoisotopic (exact) mass is 326 g/mol. The van der Waals surface area contributed by atoms with E-state index in [0.717, 1.165) is 5.56 Å². The number of benzene rings is 2. The molecule has 124 valence electrons. The van der Waals surface area contributed by atoms with Crippen molar-refractivity contribution in [2.75, 3.05) is 7.11 Å². The number of nitrogens with zero attached hydrogens (tertiary/aromatic N) is 2. The molecule has 2 aromatic rings. The highest BCUT2D eigenvalue weighted by molar-refractivity contribution is 5.91. The summed E-state index contributed by atoms with van der Waals surface area (Å²) in [5.74, 6) is 0.105. The Morgan fingerprint density at radius 1 is 1.12 bits per heavy atom. The zero-order valence-electron chi connectivity index (χ0n) is 13.4. The van der Waals surface area contributed by atoms with Gasteiger partial charge in [-0.1, -0.05) is 17.7 Å². The average molecular weight is 326 g/mol. The molecule has 0 unspecified atom stereocenters. The number of hydrogen-bond donors (Lipinski definition) is 2. The van der Waals surface area contributed by atoms with Crippen molar-refractivity contribution in [1.29, 1.82) is 0 Å². The number of methoxy groups -OCH3 is 1. The largest absolute Gasteiger partial charge is 0.493 e. The number of aryl methyl sites for hydroxylation is 1. The number of guanidine groups is 1. The number of nitrogens with two attached hydrogens (primary N) is 2. The molecule has 2 rings (SSSR count). The van der Waals surface area contributed by atoms with Gasteiger partial charge in [-0.3, -0.25) is 0 Å². The Morgan fingerprint density at radius 3 is 2.58 bits per heavy atom. The fraction of sp³-hybridized carbons (Fsp3) is 0.118. The molecule has 0 atom stereocenters. The van der Waals surface area contributed by atoms with Gasteiger partial charge in [0.2, 0.25) is 5.96 Å². The minimum atomic E-state index is -0.459. The highest BCUT2D eigenvalue weighted by Gasteiger charge is 2.12. The first-order valence-electron chi connectivity index (χ1n) is 7.08. The molecule has 7 nitrogen and oxygen atoms in total. The molecule has 0 bridgehead atoms. The first-order chi connectivity index (χ1) is 11.5. The molecule has 0 spiro atoms. The van der Waals surface area contributed by atoms with Gasteiger partial charge in [-0.25, -0.2) is 4.79 Å². The molecule has 2 aromatic carbocycles. The van der Waals surface area contributed by atoms with Crippen molar-refractivity contribution in [2.45, 2.75) is 6.92 Å². The molecule has 0 aliphatic carbocycles. The van der Waals surface area contributed by atoms with E-state index in [1.54, 1.807) is 36.4 Å². The van der Waals surface area contributed by atoms with E-state index in [0.29, 0.717) is 22.6 Å². The maximum atomic E-state index is 12.2. The Bertz CT molecular complexity index is 796. The summed E-state index contributed by atoms with van der Waals surface area (Å²) in [6, 6.07) is 12.1. The van der Waals surface area contributed by atoms with Gasteiger partial charge in [0.05, 0.1) is 18.9 Å². The van der Waals surface area contributed by atoms with E-state index >= 15 is 0 Å². The van der Waals surface area contributed by atoms with E-state index in [9.17, 15) is 4.79 Å². The second kappa shape index (κ2) is 7.77. The summed E-state index contributed by atoms with van der Waals surface area (Å²) in [7, 11) is 1.48. The third kappa shape index (κ3) is 4.57. The highest BCUT2D eigenvalue weighted by Crippen LogP contribution is 2.28. The molecule has 0 saturated heterocycles. The van der Waals surface area contributed by atoms with E-state index in [2.05, 4.69) is 10.2 Å². The van der Waals surface area contributed by atoms with E-state index in [-0.39, 0.29) is 5.96 Å². The Kier molecular flexibility index (Phi) is 5.51. The first-order valence-corrected chi connectivity index (χ1v) is 7.08. The van der Waals surface area contributed by atoms with Crippen LogP contribution in [0.4, 0.5) is 0 Å². The molecule has 24 heavy (non-hydrogen) atoms. The molecular weight excluding hydrogens is 308 g/mol. The van der Waals surface area contributed by atoms with Gasteiger partial charge in [0.25, 0.3) is 0 Å². The van der Waals surface area contributed by atoms with Gasteiger partial charge in [0.15, 0.2) is 11.5 Å². The number of esters is 1. The molecule has 0 aromatic heterocycles. The van der Waals surface area contributed by atoms with Crippen molar-refractivity contribution < 1.29 is 14.3 Å². The lowest BCUT2D eigenvalue weighted by Gasteiger charge is -2.10. The average Bonchev–Trinajstić information content (AvgIpc) is 2.55. The van der Waals surface area contributed by atoms with Crippen LogP contribution >= 0.6 is 0 Å². The van der Waals surface area contributed by atoms with Gasteiger partial charge >= 0.3 is 5.97 Å². The highest BCUT2D eigenvalue weighted by atomic mass is 16.6. The standard InChI is InChI=1S/C17H18N4O3/c1-11-4-3-5-13(8-11)16(22)24-14-7-6-12(9-15(14)23-2)10-20-21-17(18)19/h3-10H,1-2H3,(H4,18,19,21)/b20-10+. The number of carbonyl (C=O) groups is 1. The Balaban J connectivity index is 2.20. The van der Waals surface area contributed by atoms with Crippen LogP contribution in [0.3, 0.4) is 0 Å². The number of ether oxygens (including phenoxy) is 2. The van der Waals surface area contributed by atoms with E-state index in [1.165, 1.54) is 13.3 Å². The summed E-state index contributed by atoms with van der Waals surface area (Å²) in [6.07, 6.45) is 1.45. The van der Waals surface area contributed by atoms with E-state index in [4.69, 9.17) is 20.9 Å². The van der Waals surface area contributed by atoms with Gasteiger partial charge in [0.1, 0.15) is 0 Å². The van der Waals surface area contributed by atoms with Crippen LogP contribution in [0, 0.1) is 6.92 Å². The first kappa shape index (κ1) is 17.0. The summed E-state index contributed by atoms with van der Waals surface area (Å²) in [5, 5.41) is 7.22. The molecule has 0 saturated carbocycles. The van der Waals surface area contributed by atoms with E-state index in [1.807, 2.05) is 13.0 Å². The SMILES string of the molecule is COc1cc(/C=N/N=C(N)N)ccc1OC(=O)c1cccc(C)c1. The third-order valence-corrected chi connectivity index (χ3v) is 3.02. The van der Waals surface area contributed by atoms with Crippen LogP contribution in [0.2, 0.25) is 0 Å². The topological polar surface area (TPSA) is 112 Å². The minimum absolute atomic E-state index is 0.137. The molecule has 4 N–H and O–H groups in total. The summed E-state index contributed by atoms with van der Waals surface area (Å²) < 4.78 is 10.6. The van der Waals surface area contributed by atoms with Gasteiger partial charge in [-0.2, -0.15) is 5.10 Å². The smallest absolute Gasteiger partial charge is 0.343 e.